The van der Waals surface area contributed by atoms with Gasteiger partial charge in [-0.1, -0.05) is 229 Å². The summed E-state index contributed by atoms with van der Waals surface area (Å²) in [5.41, 5.74) is 0. The third kappa shape index (κ3) is 55.9. The predicted octanol–water partition coefficient (Wildman–Crippen LogP) is 18.7. The Balaban J connectivity index is 4.72. The minimum Gasteiger partial charge on any atom is -0.462 e. The number of ether oxygens (including phenoxy) is 3. The zero-order valence-electron chi connectivity index (χ0n) is 49.0. The van der Waals surface area contributed by atoms with Gasteiger partial charge in [0.15, 0.2) is 6.10 Å². The zero-order chi connectivity index (χ0) is 55.5. The monoisotopic (exact) mass is 1090 g/mol. The molecule has 3 unspecified atom stereocenters. The van der Waals surface area contributed by atoms with Crippen LogP contribution in [0.2, 0.25) is 0 Å². The summed E-state index contributed by atoms with van der Waals surface area (Å²) in [6.07, 6.45) is 64.5. The van der Waals surface area contributed by atoms with Gasteiger partial charge in [-0.3, -0.25) is 23.4 Å². The topological polar surface area (TPSA) is 155 Å². The summed E-state index contributed by atoms with van der Waals surface area (Å²) in [7, 11) is -4.76. The maximum absolute atomic E-state index is 12.9. The van der Waals surface area contributed by atoms with Crippen molar-refractivity contribution < 1.29 is 52.2 Å². The van der Waals surface area contributed by atoms with E-state index in [1.807, 2.05) is 0 Å². The number of rotatable bonds is 58. The minimum atomic E-state index is -4.76. The predicted molar refractivity (Wildman–Crippen MR) is 316 cm³/mol. The number of aliphatic hydroxyl groups excluding tert-OH is 1. The Kier molecular flexibility index (Phi) is 56.2. The van der Waals surface area contributed by atoms with Crippen LogP contribution < -0.4 is 0 Å². The largest absolute Gasteiger partial charge is 0.472 e. The molecule has 442 valence electrons. The SMILES string of the molecule is CCC/C=C\C/C=C\CCCCCCCC(=O)OC(CO)COP(=O)(O)OCC(COC(=O)CCCCCCCCC/C=C\C/C=C\CCCCC)OC(=O)CCCCCCCCCCC/C=C\CCCCCCCC. The molecular weight excluding hydrogens is 976 g/mol. The van der Waals surface area contributed by atoms with Crippen LogP contribution in [-0.2, 0) is 42.2 Å². The molecule has 3 atom stereocenters. The number of allylic oxidation sites excluding steroid dienone is 10. The Bertz CT molecular complexity index is 1510. The van der Waals surface area contributed by atoms with E-state index in [-0.39, 0.29) is 25.9 Å². The number of phosphoric ester groups is 1. The average molecular weight is 1090 g/mol. The quantitative estimate of drug-likeness (QED) is 0.0197. The first-order valence-electron chi connectivity index (χ1n) is 31.2. The van der Waals surface area contributed by atoms with E-state index in [0.717, 1.165) is 96.3 Å². The summed E-state index contributed by atoms with van der Waals surface area (Å²) < 4.78 is 39.6. The van der Waals surface area contributed by atoms with Gasteiger partial charge >= 0.3 is 25.7 Å². The summed E-state index contributed by atoms with van der Waals surface area (Å²) in [6.45, 7) is 4.56. The number of aliphatic hydroxyl groups is 1. The van der Waals surface area contributed by atoms with Crippen LogP contribution in [-0.4, -0.2) is 66.5 Å². The summed E-state index contributed by atoms with van der Waals surface area (Å²) >= 11 is 0. The molecule has 0 spiro atoms. The van der Waals surface area contributed by atoms with Crippen molar-refractivity contribution >= 4 is 25.7 Å². The molecule has 0 rings (SSSR count). The lowest BCUT2D eigenvalue weighted by Crippen LogP contribution is -2.30. The van der Waals surface area contributed by atoms with Gasteiger partial charge in [0, 0.05) is 19.3 Å². The van der Waals surface area contributed by atoms with Gasteiger partial charge in [-0.25, -0.2) is 4.57 Å². The third-order valence-electron chi connectivity index (χ3n) is 13.4. The minimum absolute atomic E-state index is 0.160. The highest BCUT2D eigenvalue weighted by molar-refractivity contribution is 7.47. The fourth-order valence-corrected chi connectivity index (χ4v) is 9.38. The second kappa shape index (κ2) is 58.3. The standard InChI is InChI=1S/C64H115O11P/c1-4-7-10-13-16-19-22-25-27-29-30-32-34-37-40-43-46-49-52-55-64(68)75-61(57-71-62(66)53-50-47-44-41-38-36-33-31-28-26-23-20-17-14-11-8-5-2)59-73-76(69,70)72-58-60(56-65)74-63(67)54-51-48-45-42-39-35-24-21-18-15-12-9-6-3/h12,15,17,20-21,24-28,60-61,65H,4-11,13-14,16,18-19,22-23,29-59H2,1-3H3,(H,69,70)/b15-12-,20-17-,24-21-,27-25-,28-26-. The lowest BCUT2D eigenvalue weighted by molar-refractivity contribution is -0.161. The molecule has 0 aliphatic rings. The Morgan fingerprint density at radius 2 is 0.671 bits per heavy atom. The maximum Gasteiger partial charge on any atom is 0.472 e. The molecule has 0 amide bonds. The van der Waals surface area contributed by atoms with Crippen LogP contribution >= 0.6 is 7.82 Å². The van der Waals surface area contributed by atoms with Crippen molar-refractivity contribution in [1.29, 1.82) is 0 Å². The second-order valence-electron chi connectivity index (χ2n) is 20.9. The Labute approximate surface area is 465 Å². The second-order valence-corrected chi connectivity index (χ2v) is 22.3. The van der Waals surface area contributed by atoms with Gasteiger partial charge in [0.2, 0.25) is 0 Å². The molecule has 0 aromatic carbocycles. The number of hydrogen-bond acceptors (Lipinski definition) is 10. The molecule has 0 fully saturated rings. The molecule has 0 aliphatic carbocycles. The summed E-state index contributed by atoms with van der Waals surface area (Å²) in [5, 5.41) is 9.82. The van der Waals surface area contributed by atoms with Crippen molar-refractivity contribution in [3.8, 4) is 0 Å². The first kappa shape index (κ1) is 73.2. The normalized spacial score (nSPS) is 13.7. The van der Waals surface area contributed by atoms with E-state index in [0.29, 0.717) is 19.3 Å². The maximum atomic E-state index is 12.9. The molecule has 0 heterocycles. The van der Waals surface area contributed by atoms with E-state index in [2.05, 4.69) is 81.5 Å². The lowest BCUT2D eigenvalue weighted by atomic mass is 10.1. The molecule has 0 saturated carbocycles. The van der Waals surface area contributed by atoms with Crippen LogP contribution in [0.5, 0.6) is 0 Å². The molecule has 0 aliphatic heterocycles. The zero-order valence-corrected chi connectivity index (χ0v) is 49.9. The smallest absolute Gasteiger partial charge is 0.462 e. The number of carbonyl (C=O) groups is 3. The molecule has 0 bridgehead atoms. The number of hydrogen-bond donors (Lipinski definition) is 2. The summed E-state index contributed by atoms with van der Waals surface area (Å²) in [5.74, 6) is -1.48. The van der Waals surface area contributed by atoms with Crippen LogP contribution in [0.1, 0.15) is 290 Å². The van der Waals surface area contributed by atoms with E-state index in [1.165, 1.54) is 135 Å². The highest BCUT2D eigenvalue weighted by atomic mass is 31.2. The van der Waals surface area contributed by atoms with E-state index < -0.39 is 57.8 Å². The Morgan fingerprint density at radius 3 is 1.07 bits per heavy atom. The number of phosphoric acid groups is 1. The summed E-state index contributed by atoms with van der Waals surface area (Å²) in [6, 6.07) is 0. The van der Waals surface area contributed by atoms with E-state index >= 15 is 0 Å². The molecule has 12 heteroatoms. The van der Waals surface area contributed by atoms with Gasteiger partial charge < -0.3 is 24.2 Å². The van der Waals surface area contributed by atoms with Gasteiger partial charge in [-0.2, -0.15) is 0 Å². The number of carbonyl (C=O) groups excluding carboxylic acids is 3. The molecule has 0 saturated heterocycles. The Hall–Kier alpha value is -2.82. The molecule has 0 aromatic heterocycles. The van der Waals surface area contributed by atoms with Crippen molar-refractivity contribution in [2.24, 2.45) is 0 Å². The van der Waals surface area contributed by atoms with E-state index in [4.69, 9.17) is 23.3 Å². The van der Waals surface area contributed by atoms with E-state index in [9.17, 15) is 28.9 Å². The molecule has 0 radical (unpaired) electrons. The molecule has 2 N–H and O–H groups in total. The number of unbranched alkanes of at least 4 members (excludes halogenated alkanes) is 31. The molecule has 0 aromatic rings. The van der Waals surface area contributed by atoms with Crippen molar-refractivity contribution in [2.75, 3.05) is 26.4 Å². The van der Waals surface area contributed by atoms with Crippen LogP contribution in [0.15, 0.2) is 60.8 Å². The van der Waals surface area contributed by atoms with Crippen molar-refractivity contribution in [3.63, 3.8) is 0 Å². The molecule has 11 nitrogen and oxygen atoms in total. The van der Waals surface area contributed by atoms with Gasteiger partial charge in [-0.15, -0.1) is 0 Å². The number of esters is 3. The van der Waals surface area contributed by atoms with Crippen molar-refractivity contribution in [2.45, 2.75) is 303 Å². The average Bonchev–Trinajstić information content (AvgIpc) is 3.41. The Morgan fingerprint density at radius 1 is 0.368 bits per heavy atom. The van der Waals surface area contributed by atoms with Gasteiger partial charge in [-0.05, 0) is 103 Å². The van der Waals surface area contributed by atoms with Crippen LogP contribution in [0.3, 0.4) is 0 Å². The van der Waals surface area contributed by atoms with Gasteiger partial charge in [0.05, 0.1) is 19.8 Å². The van der Waals surface area contributed by atoms with Gasteiger partial charge in [0.1, 0.15) is 12.7 Å². The summed E-state index contributed by atoms with van der Waals surface area (Å²) in [4.78, 5) is 48.7. The molecule has 76 heavy (non-hydrogen) atoms. The first-order valence-corrected chi connectivity index (χ1v) is 32.7. The highest BCUT2D eigenvalue weighted by Crippen LogP contribution is 2.43. The van der Waals surface area contributed by atoms with Crippen LogP contribution in [0.25, 0.3) is 0 Å². The highest BCUT2D eigenvalue weighted by Gasteiger charge is 2.28. The first-order chi connectivity index (χ1) is 37.2. The third-order valence-corrected chi connectivity index (χ3v) is 14.3. The van der Waals surface area contributed by atoms with Crippen LogP contribution in [0, 0.1) is 0 Å². The lowest BCUT2D eigenvalue weighted by Gasteiger charge is -2.21. The van der Waals surface area contributed by atoms with E-state index in [1.54, 1.807) is 0 Å². The fraction of sp³-hybridized carbons (Fsp3) is 0.797. The van der Waals surface area contributed by atoms with Crippen molar-refractivity contribution in [3.05, 3.63) is 60.8 Å². The van der Waals surface area contributed by atoms with Gasteiger partial charge in [0.25, 0.3) is 0 Å². The molecular formula is C64H115O11P. The van der Waals surface area contributed by atoms with Crippen molar-refractivity contribution in [1.82, 2.24) is 0 Å². The van der Waals surface area contributed by atoms with Crippen LogP contribution in [0.4, 0.5) is 0 Å². The fourth-order valence-electron chi connectivity index (χ4n) is 8.60.